The normalized spacial score (nSPS) is 30.3. The first-order valence-electron chi connectivity index (χ1n) is 13.1. The Balaban J connectivity index is 1.45. The summed E-state index contributed by atoms with van der Waals surface area (Å²) in [6, 6.07) is 1.46. The first kappa shape index (κ1) is 29.9. The van der Waals surface area contributed by atoms with E-state index in [9.17, 15) is 31.1 Å². The molecule has 2 heterocycles. The van der Waals surface area contributed by atoms with Gasteiger partial charge < -0.3 is 0 Å². The zero-order chi connectivity index (χ0) is 27.8. The van der Waals surface area contributed by atoms with E-state index in [1.807, 2.05) is 0 Å². The number of alkyl halides is 9. The van der Waals surface area contributed by atoms with Crippen molar-refractivity contribution in [1.82, 2.24) is 5.32 Å². The Bertz CT molecular complexity index is 950. The number of carbonyl (C=O) groups is 1. The van der Waals surface area contributed by atoms with Crippen molar-refractivity contribution in [2.45, 2.75) is 72.9 Å². The van der Waals surface area contributed by atoms with E-state index in [1.165, 1.54) is 0 Å². The van der Waals surface area contributed by atoms with Crippen LogP contribution in [0.1, 0.15) is 56.7 Å². The van der Waals surface area contributed by atoms with Crippen LogP contribution in [0.4, 0.5) is 26.3 Å². The molecule has 4 rings (SSSR count). The van der Waals surface area contributed by atoms with Crippen molar-refractivity contribution < 1.29 is 40.6 Å². The van der Waals surface area contributed by atoms with Gasteiger partial charge in [0.2, 0.25) is 0 Å². The third kappa shape index (κ3) is 6.79. The van der Waals surface area contributed by atoms with E-state index in [1.54, 1.807) is 0 Å². The van der Waals surface area contributed by atoms with E-state index in [0.29, 0.717) is 38.9 Å². The van der Waals surface area contributed by atoms with Gasteiger partial charge in [0.15, 0.2) is 0 Å². The van der Waals surface area contributed by atoms with E-state index in [-0.39, 0.29) is 47.9 Å². The van der Waals surface area contributed by atoms with Gasteiger partial charge in [0.05, 0.1) is 0 Å². The van der Waals surface area contributed by atoms with Crippen molar-refractivity contribution in [3.05, 3.63) is 34.9 Å². The molecule has 2 saturated heterocycles. The second kappa shape index (κ2) is 11.8. The fourth-order valence-electron chi connectivity index (χ4n) is 6.21. The second-order valence-corrected chi connectivity index (χ2v) is 18.1. The average Bonchev–Trinajstić information content (AvgIpc) is 3.31. The van der Waals surface area contributed by atoms with Crippen molar-refractivity contribution >= 4 is 25.7 Å². The standard InChI is InChI=1S/C27H36F6INO3/c1-15(2)21-10-18(16(3)34-5-7-38-24-14-37-6-4-23(24)34)11-22(21)25(36)35-13-17-8-19(26(28,29)30)12-20(9-17)27(31,32)33/h8-9,12,15-16,18,21-24H,4-7,10-11,13-14H2,1-3H3,(H,35,36)/t16?,18?,21?,22-,23?,24?/m1/s1. The van der Waals surface area contributed by atoms with Crippen LogP contribution in [0, 0.1) is 23.7 Å². The van der Waals surface area contributed by atoms with E-state index < -0.39 is 43.3 Å². The second-order valence-electron chi connectivity index (χ2n) is 11.0. The number of carbonyl (C=O) groups excluding carboxylic acids is 1. The van der Waals surface area contributed by atoms with Crippen LogP contribution in [0.15, 0.2) is 18.2 Å². The quantitative estimate of drug-likeness (QED) is 0.209. The number of nitrogens with one attached hydrogen (secondary N) is 1. The SMILES string of the molecule is CC(C)C1CC(C(C)I2CCOC3COCCC32)C[C@H]1C(=O)NCc1cc(C(F)(F)F)cc(C(F)(F)F)c1. The Morgan fingerprint density at radius 3 is 2.29 bits per heavy atom. The molecule has 4 nitrogen and oxygen atoms in total. The van der Waals surface area contributed by atoms with Crippen LogP contribution in [-0.4, -0.2) is 44.1 Å². The number of rotatable bonds is 6. The molecule has 3 aliphatic rings. The Kier molecular flexibility index (Phi) is 9.28. The minimum absolute atomic E-state index is 0.104. The molecular formula is C27H36F6INO3. The van der Waals surface area contributed by atoms with Crippen molar-refractivity contribution in [1.29, 1.82) is 0 Å². The number of hydrogen-bond donors (Lipinski definition) is 1. The minimum atomic E-state index is -4.92. The molecule has 1 aromatic carbocycles. The van der Waals surface area contributed by atoms with Crippen LogP contribution < -0.4 is 5.32 Å². The number of benzene rings is 1. The van der Waals surface area contributed by atoms with Gasteiger partial charge in [0.25, 0.3) is 0 Å². The van der Waals surface area contributed by atoms with Gasteiger partial charge in [-0.05, 0) is 0 Å². The topological polar surface area (TPSA) is 47.6 Å². The molecule has 3 fully saturated rings. The van der Waals surface area contributed by atoms with E-state index in [2.05, 4.69) is 26.1 Å². The number of ether oxygens (including phenoxy) is 2. The molecule has 216 valence electrons. The fraction of sp³-hybridized carbons (Fsp3) is 0.741. The van der Waals surface area contributed by atoms with Crippen molar-refractivity contribution in [3.8, 4) is 0 Å². The average molecular weight is 663 g/mol. The number of halogens is 7. The maximum atomic E-state index is 13.3. The maximum absolute atomic E-state index is 13.3. The number of amides is 1. The van der Waals surface area contributed by atoms with E-state index in [0.717, 1.165) is 30.5 Å². The van der Waals surface area contributed by atoms with Gasteiger partial charge in [-0.15, -0.1) is 0 Å². The Morgan fingerprint density at radius 2 is 1.68 bits per heavy atom. The fourth-order valence-corrected chi connectivity index (χ4v) is 14.6. The summed E-state index contributed by atoms with van der Waals surface area (Å²) in [5.74, 6) is 0.150. The Morgan fingerprint density at radius 1 is 1.03 bits per heavy atom. The zero-order valence-electron chi connectivity index (χ0n) is 21.8. The predicted molar refractivity (Wildman–Crippen MR) is 140 cm³/mol. The Hall–Kier alpha value is -1.08. The summed E-state index contributed by atoms with van der Waals surface area (Å²) in [6.45, 7) is 8.27. The van der Waals surface area contributed by atoms with Gasteiger partial charge in [-0.3, -0.25) is 0 Å². The van der Waals surface area contributed by atoms with Crippen molar-refractivity contribution in [2.75, 3.05) is 24.2 Å². The Labute approximate surface area is 227 Å². The van der Waals surface area contributed by atoms with Crippen LogP contribution in [0.3, 0.4) is 0 Å². The molecule has 1 N–H and O–H groups in total. The first-order valence-corrected chi connectivity index (χ1v) is 17.2. The third-order valence-electron chi connectivity index (χ3n) is 8.26. The molecule has 2 aliphatic heterocycles. The molecule has 1 saturated carbocycles. The van der Waals surface area contributed by atoms with Crippen LogP contribution in [0.5, 0.6) is 0 Å². The molecular weight excluding hydrogens is 627 g/mol. The van der Waals surface area contributed by atoms with Gasteiger partial charge >= 0.3 is 227 Å². The van der Waals surface area contributed by atoms with Gasteiger partial charge in [0, 0.05) is 0 Å². The molecule has 1 amide bonds. The van der Waals surface area contributed by atoms with Crippen molar-refractivity contribution in [3.63, 3.8) is 0 Å². The summed E-state index contributed by atoms with van der Waals surface area (Å²) in [7, 11) is 0. The third-order valence-corrected chi connectivity index (χ3v) is 17.0. The molecule has 11 heteroatoms. The van der Waals surface area contributed by atoms with Gasteiger partial charge in [0.1, 0.15) is 0 Å². The predicted octanol–water partition coefficient (Wildman–Crippen LogP) is 6.72. The van der Waals surface area contributed by atoms with Gasteiger partial charge in [-0.25, -0.2) is 0 Å². The van der Waals surface area contributed by atoms with Crippen LogP contribution in [0.25, 0.3) is 0 Å². The molecule has 1 aliphatic carbocycles. The molecule has 6 atom stereocenters. The summed E-state index contributed by atoms with van der Waals surface area (Å²) >= 11 is -1.40. The van der Waals surface area contributed by atoms with Gasteiger partial charge in [-0.1, -0.05) is 0 Å². The molecule has 0 bridgehead atoms. The summed E-state index contributed by atoms with van der Waals surface area (Å²) in [5.41, 5.74) is -2.97. The summed E-state index contributed by atoms with van der Waals surface area (Å²) in [6.07, 6.45) is -7.01. The molecule has 0 radical (unpaired) electrons. The molecule has 0 aromatic heterocycles. The summed E-state index contributed by atoms with van der Waals surface area (Å²) in [5, 5.41) is 2.67. The van der Waals surface area contributed by atoms with E-state index >= 15 is 0 Å². The summed E-state index contributed by atoms with van der Waals surface area (Å²) < 4.78 is 93.2. The monoisotopic (exact) mass is 663 g/mol. The number of fused-ring (bicyclic) bond motifs is 1. The zero-order valence-corrected chi connectivity index (χ0v) is 24.0. The molecule has 1 aromatic rings. The van der Waals surface area contributed by atoms with Crippen molar-refractivity contribution in [2.24, 2.45) is 23.7 Å². The van der Waals surface area contributed by atoms with Crippen LogP contribution in [-0.2, 0) is 33.2 Å². The molecule has 0 spiro atoms. The first-order chi connectivity index (χ1) is 17.8. The van der Waals surface area contributed by atoms with E-state index in [4.69, 9.17) is 9.47 Å². The molecule has 5 unspecified atom stereocenters. The van der Waals surface area contributed by atoms with Crippen LogP contribution in [0.2, 0.25) is 0 Å². The number of hydrogen-bond acceptors (Lipinski definition) is 3. The summed E-state index contributed by atoms with van der Waals surface area (Å²) in [4.78, 5) is 13.3. The van der Waals surface area contributed by atoms with Crippen LogP contribution >= 0.6 is 19.8 Å². The molecule has 38 heavy (non-hydrogen) atoms. The van der Waals surface area contributed by atoms with Gasteiger partial charge in [-0.2, -0.15) is 0 Å².